The van der Waals surface area contributed by atoms with Crippen LogP contribution in [0.2, 0.25) is 0 Å². The number of nitrogens with zero attached hydrogens (tertiary/aromatic N) is 3. The molecule has 4 rings (SSSR count). The molecule has 0 atom stereocenters. The summed E-state index contributed by atoms with van der Waals surface area (Å²) in [5, 5.41) is 4.44. The van der Waals surface area contributed by atoms with Gasteiger partial charge in [0.15, 0.2) is 0 Å². The molecule has 172 valence electrons. The minimum atomic E-state index is -0.344. The molecule has 0 spiro atoms. The lowest BCUT2D eigenvalue weighted by Crippen LogP contribution is -2.38. The second kappa shape index (κ2) is 9.85. The third-order valence-electron chi connectivity index (χ3n) is 5.57. The molecule has 1 amide bonds. The molecule has 0 radical (unpaired) electrons. The topological polar surface area (TPSA) is 111 Å². The summed E-state index contributed by atoms with van der Waals surface area (Å²) in [6.45, 7) is 1.35. The molecule has 1 aromatic heterocycles. The van der Waals surface area contributed by atoms with Crippen LogP contribution in [0.4, 0.5) is 4.39 Å². The van der Waals surface area contributed by atoms with Crippen LogP contribution < -0.4 is 16.9 Å². The van der Waals surface area contributed by atoms with E-state index in [4.69, 9.17) is 16.3 Å². The molecule has 1 saturated heterocycles. The quantitative estimate of drug-likeness (QED) is 0.393. The Morgan fingerprint density at radius 3 is 2.39 bits per heavy atom. The van der Waals surface area contributed by atoms with Crippen molar-refractivity contribution in [3.8, 4) is 5.69 Å². The lowest BCUT2D eigenvalue weighted by atomic mass is 10.1. The Hall–Kier alpha value is -3.69. The summed E-state index contributed by atoms with van der Waals surface area (Å²) >= 11 is 0. The van der Waals surface area contributed by atoms with Crippen molar-refractivity contribution in [1.29, 1.82) is 0 Å². The number of imidazole rings is 1. The molecule has 0 unspecified atom stereocenters. The van der Waals surface area contributed by atoms with Crippen LogP contribution >= 0.6 is 0 Å². The van der Waals surface area contributed by atoms with Crippen molar-refractivity contribution in [3.63, 3.8) is 0 Å². The molecule has 33 heavy (non-hydrogen) atoms. The van der Waals surface area contributed by atoms with Gasteiger partial charge in [-0.05, 0) is 66.9 Å². The molecule has 1 fully saturated rings. The molecule has 1 aliphatic heterocycles. The van der Waals surface area contributed by atoms with Crippen molar-refractivity contribution >= 4 is 17.3 Å². The van der Waals surface area contributed by atoms with Gasteiger partial charge in [0.05, 0.1) is 12.0 Å². The summed E-state index contributed by atoms with van der Waals surface area (Å²) in [4.78, 5) is 17.0. The normalized spacial score (nSPS) is 15.1. The summed E-state index contributed by atoms with van der Waals surface area (Å²) in [5.74, 6) is 5.59. The number of nitrogens with one attached hydrogen (secondary N) is 1. The van der Waals surface area contributed by atoms with E-state index >= 15 is 0 Å². The number of halogens is 1. The highest BCUT2D eigenvalue weighted by molar-refractivity contribution is 5.94. The Bertz CT molecular complexity index is 1130. The van der Waals surface area contributed by atoms with Gasteiger partial charge in [-0.2, -0.15) is 0 Å². The Morgan fingerprint density at radius 2 is 1.76 bits per heavy atom. The van der Waals surface area contributed by atoms with Crippen molar-refractivity contribution in [2.45, 2.75) is 18.9 Å². The largest absolute Gasteiger partial charge is 0.396 e. The van der Waals surface area contributed by atoms with Gasteiger partial charge in [-0.15, -0.1) is 0 Å². The van der Waals surface area contributed by atoms with Crippen LogP contribution in [0.5, 0.6) is 0 Å². The van der Waals surface area contributed by atoms with Gasteiger partial charge in [0, 0.05) is 43.8 Å². The molecule has 8 nitrogen and oxygen atoms in total. The third kappa shape index (κ3) is 5.21. The minimum absolute atomic E-state index is 0.0955. The fraction of sp³-hybridized carbons (Fsp3) is 0.250. The lowest BCUT2D eigenvalue weighted by molar-refractivity contribution is 0.0696. The summed E-state index contributed by atoms with van der Waals surface area (Å²) in [6, 6.07) is 13.3. The highest BCUT2D eigenvalue weighted by Crippen LogP contribution is 2.24. The van der Waals surface area contributed by atoms with Gasteiger partial charge in [-0.3, -0.25) is 4.79 Å². The molecule has 3 aromatic rings. The number of benzene rings is 2. The molecule has 0 bridgehead atoms. The van der Waals surface area contributed by atoms with E-state index in [9.17, 15) is 9.18 Å². The van der Waals surface area contributed by atoms with Crippen molar-refractivity contribution in [3.05, 3.63) is 83.7 Å². The lowest BCUT2D eigenvalue weighted by Gasteiger charge is -2.23. The number of hydrogen-bond acceptors (Lipinski definition) is 6. The van der Waals surface area contributed by atoms with E-state index < -0.39 is 0 Å². The molecule has 5 N–H and O–H groups in total. The van der Waals surface area contributed by atoms with E-state index in [2.05, 4.69) is 10.3 Å². The first-order valence-electron chi connectivity index (χ1n) is 10.7. The zero-order valence-corrected chi connectivity index (χ0v) is 18.4. The summed E-state index contributed by atoms with van der Waals surface area (Å²) in [5.41, 5.74) is 9.84. The average molecular weight is 451 g/mol. The Labute approximate surface area is 191 Å². The molecule has 2 aromatic carbocycles. The smallest absolute Gasteiger partial charge is 0.251 e. The van der Waals surface area contributed by atoms with Gasteiger partial charge >= 0.3 is 0 Å². The van der Waals surface area contributed by atoms with E-state index in [0.29, 0.717) is 41.4 Å². The summed E-state index contributed by atoms with van der Waals surface area (Å²) < 4.78 is 20.4. The fourth-order valence-electron chi connectivity index (χ4n) is 3.76. The third-order valence-corrected chi connectivity index (χ3v) is 5.57. The van der Waals surface area contributed by atoms with E-state index in [1.54, 1.807) is 43.8 Å². The first-order chi connectivity index (χ1) is 15.9. The maximum atomic E-state index is 13.3. The van der Waals surface area contributed by atoms with E-state index in [1.807, 2.05) is 16.7 Å². The van der Waals surface area contributed by atoms with E-state index in [-0.39, 0.29) is 17.8 Å². The average Bonchev–Trinajstić information content (AvgIpc) is 3.29. The van der Waals surface area contributed by atoms with Crippen LogP contribution in [0.15, 0.2) is 61.1 Å². The Morgan fingerprint density at radius 1 is 1.12 bits per heavy atom. The van der Waals surface area contributed by atoms with Gasteiger partial charge in [-0.25, -0.2) is 15.2 Å². The first kappa shape index (κ1) is 22.5. The number of ether oxygens (including phenoxy) is 1. The number of amides is 1. The van der Waals surface area contributed by atoms with Crippen molar-refractivity contribution < 1.29 is 13.9 Å². The molecule has 2 heterocycles. The van der Waals surface area contributed by atoms with E-state index in [1.165, 1.54) is 17.1 Å². The zero-order chi connectivity index (χ0) is 23.4. The number of rotatable bonds is 6. The molecular formula is C24H27FN6O2. The van der Waals surface area contributed by atoms with Gasteiger partial charge < -0.3 is 25.4 Å². The molecule has 9 heteroatoms. The van der Waals surface area contributed by atoms with Crippen LogP contribution in [0.3, 0.4) is 0 Å². The van der Waals surface area contributed by atoms with Crippen LogP contribution in [0.25, 0.3) is 17.1 Å². The standard InChI is InChI=1S/C24H27FN6O2/c1-30(27)23(22(26)16-2-6-18(25)7-3-16)21-14-31(15-28-21)20-8-4-17(5-9-20)24(32)29-19-10-12-33-13-11-19/h2-9,14-15,19H,10-13,26-27H2,1H3,(H,29,32)/b23-22-. The first-order valence-corrected chi connectivity index (χ1v) is 10.7. The number of carbonyl (C=O) groups is 1. The minimum Gasteiger partial charge on any atom is -0.396 e. The number of nitrogens with two attached hydrogens (primary N) is 2. The van der Waals surface area contributed by atoms with Crippen molar-refractivity contribution in [2.75, 3.05) is 20.3 Å². The predicted octanol–water partition coefficient (Wildman–Crippen LogP) is 2.51. The Kier molecular flexibility index (Phi) is 6.71. The Balaban J connectivity index is 1.53. The maximum Gasteiger partial charge on any atom is 0.251 e. The monoisotopic (exact) mass is 450 g/mol. The van der Waals surface area contributed by atoms with Gasteiger partial charge in [0.2, 0.25) is 0 Å². The van der Waals surface area contributed by atoms with Crippen LogP contribution in [-0.4, -0.2) is 46.8 Å². The maximum absolute atomic E-state index is 13.3. The molecule has 0 aliphatic carbocycles. The second-order valence-electron chi connectivity index (χ2n) is 7.95. The highest BCUT2D eigenvalue weighted by Gasteiger charge is 2.18. The predicted molar refractivity (Wildman–Crippen MR) is 124 cm³/mol. The number of aromatic nitrogens is 2. The van der Waals surface area contributed by atoms with Gasteiger partial charge in [0.25, 0.3) is 5.91 Å². The van der Waals surface area contributed by atoms with Crippen molar-refractivity contribution in [2.24, 2.45) is 11.6 Å². The number of hydrogen-bond donors (Lipinski definition) is 3. The highest BCUT2D eigenvalue weighted by atomic mass is 19.1. The molecule has 0 saturated carbocycles. The summed E-state index contributed by atoms with van der Waals surface area (Å²) in [6.07, 6.45) is 5.10. The number of hydrazine groups is 1. The van der Waals surface area contributed by atoms with Crippen molar-refractivity contribution in [1.82, 2.24) is 19.9 Å². The van der Waals surface area contributed by atoms with Crippen LogP contribution in [0, 0.1) is 5.82 Å². The van der Waals surface area contributed by atoms with Gasteiger partial charge in [-0.1, -0.05) is 0 Å². The molecular weight excluding hydrogens is 423 g/mol. The molecule has 1 aliphatic rings. The van der Waals surface area contributed by atoms with Crippen LogP contribution in [-0.2, 0) is 4.74 Å². The SMILES string of the molecule is CN(N)/C(=C(\N)c1ccc(F)cc1)c1cn(-c2ccc(C(=O)NC3CCOCC3)cc2)cn1. The fourth-order valence-corrected chi connectivity index (χ4v) is 3.76. The zero-order valence-electron chi connectivity index (χ0n) is 18.4. The van der Waals surface area contributed by atoms with E-state index in [0.717, 1.165) is 18.5 Å². The van der Waals surface area contributed by atoms with Crippen LogP contribution in [0.1, 0.15) is 34.5 Å². The summed E-state index contributed by atoms with van der Waals surface area (Å²) in [7, 11) is 1.66. The second-order valence-corrected chi connectivity index (χ2v) is 7.95. The number of carbonyl (C=O) groups excluding carboxylic acids is 1. The van der Waals surface area contributed by atoms with Gasteiger partial charge in [0.1, 0.15) is 17.2 Å².